The van der Waals surface area contributed by atoms with Gasteiger partial charge in [-0.2, -0.15) is 19.9 Å². The maximum Gasteiger partial charge on any atom is 0.317 e. The minimum atomic E-state index is -0.0444. The van der Waals surface area contributed by atoms with Crippen molar-refractivity contribution < 1.29 is 9.47 Å². The average Bonchev–Trinajstić information content (AvgIpc) is 2.93. The van der Waals surface area contributed by atoms with Crippen LogP contribution in [-0.2, 0) is 0 Å². The lowest BCUT2D eigenvalue weighted by Crippen LogP contribution is -2.09. The summed E-state index contributed by atoms with van der Waals surface area (Å²) in [4.78, 5) is 18.8. The van der Waals surface area contributed by atoms with Gasteiger partial charge in [-0.1, -0.05) is 78.9 Å². The zero-order valence-corrected chi connectivity index (χ0v) is 22.0. The Hall–Kier alpha value is -4.58. The van der Waals surface area contributed by atoms with E-state index in [1.54, 1.807) is 0 Å². The molecule has 5 rings (SSSR count). The van der Waals surface area contributed by atoms with Gasteiger partial charge in [0.2, 0.25) is 0 Å². The molecule has 0 bridgehead atoms. The molecule has 2 aromatic heterocycles. The van der Waals surface area contributed by atoms with Gasteiger partial charge in [-0.25, -0.2) is 0 Å². The van der Waals surface area contributed by atoms with Crippen LogP contribution in [0, 0.1) is 0 Å². The van der Waals surface area contributed by atoms with Crippen LogP contribution in [0.25, 0.3) is 45.0 Å². The number of hydrogen-bond donors (Lipinski definition) is 0. The molecule has 190 valence electrons. The molecule has 0 aliphatic heterocycles. The van der Waals surface area contributed by atoms with Gasteiger partial charge < -0.3 is 9.47 Å². The molecule has 0 amide bonds. The van der Waals surface area contributed by atoms with Crippen molar-refractivity contribution in [2.45, 2.75) is 39.9 Å². The van der Waals surface area contributed by atoms with Crippen molar-refractivity contribution in [3.05, 3.63) is 97.1 Å². The summed E-state index contributed by atoms with van der Waals surface area (Å²) < 4.78 is 11.8. The van der Waals surface area contributed by atoms with E-state index < -0.39 is 0 Å². The van der Waals surface area contributed by atoms with Gasteiger partial charge in [-0.15, -0.1) is 0 Å². The van der Waals surface area contributed by atoms with Gasteiger partial charge in [0.25, 0.3) is 0 Å². The van der Waals surface area contributed by atoms with Crippen LogP contribution in [0.15, 0.2) is 97.1 Å². The van der Waals surface area contributed by atoms with Gasteiger partial charge >= 0.3 is 12.0 Å². The second-order valence-electron chi connectivity index (χ2n) is 9.49. The van der Waals surface area contributed by atoms with Crippen LogP contribution < -0.4 is 9.47 Å². The Balaban J connectivity index is 1.60. The summed E-state index contributed by atoms with van der Waals surface area (Å²) in [6.07, 6.45) is -0.0889. The number of rotatable bonds is 8. The molecule has 0 fully saturated rings. The first-order valence-corrected chi connectivity index (χ1v) is 12.8. The quantitative estimate of drug-likeness (QED) is 0.219. The molecule has 0 radical (unpaired) electrons. The molecule has 6 heteroatoms. The zero-order valence-electron chi connectivity index (χ0n) is 22.0. The lowest BCUT2D eigenvalue weighted by atomic mass is 10.0. The van der Waals surface area contributed by atoms with Crippen LogP contribution in [0.3, 0.4) is 0 Å². The standard InChI is InChI=1S/C32H30N4O2/c1-21(2)37-31-33-27(23-12-7-5-8-13-23)19-29(35-31)25-16-11-17-26(18-25)30-20-28(24-14-9-6-10-15-24)34-32(36-30)38-22(3)4/h5-22H,1-4H3. The lowest BCUT2D eigenvalue weighted by molar-refractivity contribution is 0.222. The van der Waals surface area contributed by atoms with E-state index in [-0.39, 0.29) is 12.2 Å². The number of aromatic nitrogens is 4. The predicted octanol–water partition coefficient (Wildman–Crippen LogP) is 7.51. The Morgan fingerprint density at radius 2 is 0.763 bits per heavy atom. The van der Waals surface area contributed by atoms with Crippen LogP contribution in [0.5, 0.6) is 12.0 Å². The summed E-state index contributed by atoms with van der Waals surface area (Å²) in [5.74, 6) is 0. The number of hydrogen-bond acceptors (Lipinski definition) is 6. The smallest absolute Gasteiger partial charge is 0.317 e. The molecule has 6 nitrogen and oxygen atoms in total. The first-order valence-electron chi connectivity index (χ1n) is 12.8. The molecule has 0 spiro atoms. The van der Waals surface area contributed by atoms with Crippen molar-refractivity contribution >= 4 is 0 Å². The number of ether oxygens (including phenoxy) is 2. The minimum absolute atomic E-state index is 0.0444. The summed E-state index contributed by atoms with van der Waals surface area (Å²) in [5, 5.41) is 0. The highest BCUT2D eigenvalue weighted by atomic mass is 16.5. The predicted molar refractivity (Wildman–Crippen MR) is 151 cm³/mol. The van der Waals surface area contributed by atoms with Gasteiger partial charge in [0, 0.05) is 22.3 Å². The molecule has 3 aromatic carbocycles. The van der Waals surface area contributed by atoms with E-state index in [0.717, 1.165) is 45.0 Å². The summed E-state index contributed by atoms with van der Waals surface area (Å²) in [6.45, 7) is 7.87. The van der Waals surface area contributed by atoms with E-state index in [4.69, 9.17) is 19.4 Å². The van der Waals surface area contributed by atoms with E-state index >= 15 is 0 Å². The van der Waals surface area contributed by atoms with Gasteiger partial charge in [0.1, 0.15) is 0 Å². The molecule has 0 saturated heterocycles. The third kappa shape index (κ3) is 6.03. The van der Waals surface area contributed by atoms with Crippen LogP contribution in [0.4, 0.5) is 0 Å². The van der Waals surface area contributed by atoms with Crippen molar-refractivity contribution in [2.75, 3.05) is 0 Å². The van der Waals surface area contributed by atoms with E-state index in [9.17, 15) is 0 Å². The lowest BCUT2D eigenvalue weighted by Gasteiger charge is -2.13. The van der Waals surface area contributed by atoms with Crippen molar-refractivity contribution in [2.24, 2.45) is 0 Å². The number of benzene rings is 3. The van der Waals surface area contributed by atoms with E-state index in [1.807, 2.05) is 119 Å². The Morgan fingerprint density at radius 1 is 0.421 bits per heavy atom. The normalized spacial score (nSPS) is 11.1. The van der Waals surface area contributed by atoms with E-state index in [2.05, 4.69) is 16.0 Å². The highest BCUT2D eigenvalue weighted by Gasteiger charge is 2.14. The first-order chi connectivity index (χ1) is 18.4. The van der Waals surface area contributed by atoms with Gasteiger partial charge in [-0.3, -0.25) is 0 Å². The Morgan fingerprint density at radius 3 is 1.13 bits per heavy atom. The minimum Gasteiger partial charge on any atom is -0.461 e. The van der Waals surface area contributed by atoms with Gasteiger partial charge in [0.15, 0.2) is 0 Å². The molecule has 0 N–H and O–H groups in total. The van der Waals surface area contributed by atoms with Crippen LogP contribution in [-0.4, -0.2) is 32.1 Å². The molecule has 0 saturated carbocycles. The summed E-state index contributed by atoms with van der Waals surface area (Å²) in [6, 6.07) is 32.9. The second kappa shape index (κ2) is 11.2. The average molecular weight is 503 g/mol. The van der Waals surface area contributed by atoms with Gasteiger partial charge in [-0.05, 0) is 45.9 Å². The fraction of sp³-hybridized carbons (Fsp3) is 0.188. The third-order valence-electron chi connectivity index (χ3n) is 5.69. The van der Waals surface area contributed by atoms with Crippen LogP contribution in [0.1, 0.15) is 27.7 Å². The topological polar surface area (TPSA) is 70.0 Å². The summed E-state index contributed by atoms with van der Waals surface area (Å²) in [5.41, 5.74) is 7.01. The highest BCUT2D eigenvalue weighted by Crippen LogP contribution is 2.31. The Kier molecular flexibility index (Phi) is 7.40. The Bertz CT molecular complexity index is 1410. The molecule has 38 heavy (non-hydrogen) atoms. The summed E-state index contributed by atoms with van der Waals surface area (Å²) in [7, 11) is 0. The molecular weight excluding hydrogens is 472 g/mol. The van der Waals surface area contributed by atoms with Crippen LogP contribution in [0.2, 0.25) is 0 Å². The van der Waals surface area contributed by atoms with E-state index in [0.29, 0.717) is 12.0 Å². The fourth-order valence-corrected chi connectivity index (χ4v) is 4.02. The van der Waals surface area contributed by atoms with Crippen molar-refractivity contribution in [3.63, 3.8) is 0 Å². The fourth-order valence-electron chi connectivity index (χ4n) is 4.02. The Labute approximate surface area is 223 Å². The zero-order chi connectivity index (χ0) is 26.5. The van der Waals surface area contributed by atoms with Gasteiger partial charge in [0.05, 0.1) is 35.0 Å². The summed E-state index contributed by atoms with van der Waals surface area (Å²) >= 11 is 0. The highest BCUT2D eigenvalue weighted by molar-refractivity contribution is 5.74. The maximum absolute atomic E-state index is 5.91. The number of nitrogens with zero attached hydrogens (tertiary/aromatic N) is 4. The molecule has 0 atom stereocenters. The molecule has 0 aliphatic carbocycles. The van der Waals surface area contributed by atoms with Crippen molar-refractivity contribution in [3.8, 4) is 57.1 Å². The molecule has 2 heterocycles. The SMILES string of the molecule is CC(C)Oc1nc(-c2ccccc2)cc(-c2cccc(-c3cc(-c4ccccc4)nc(OC(C)C)n3)c2)n1. The molecular formula is C32H30N4O2. The molecule has 5 aromatic rings. The monoisotopic (exact) mass is 502 g/mol. The third-order valence-corrected chi connectivity index (χ3v) is 5.69. The van der Waals surface area contributed by atoms with Crippen LogP contribution >= 0.6 is 0 Å². The molecule has 0 unspecified atom stereocenters. The first kappa shape index (κ1) is 25.1. The van der Waals surface area contributed by atoms with E-state index in [1.165, 1.54) is 0 Å². The molecule has 0 aliphatic rings. The van der Waals surface area contributed by atoms with Crippen molar-refractivity contribution in [1.82, 2.24) is 19.9 Å². The maximum atomic E-state index is 5.91. The second-order valence-corrected chi connectivity index (χ2v) is 9.49. The largest absolute Gasteiger partial charge is 0.461 e. The van der Waals surface area contributed by atoms with Crippen molar-refractivity contribution in [1.29, 1.82) is 0 Å².